The molecule has 3 heteroatoms. The summed E-state index contributed by atoms with van der Waals surface area (Å²) < 4.78 is 12.3. The van der Waals surface area contributed by atoms with E-state index in [0.717, 1.165) is 18.6 Å². The van der Waals surface area contributed by atoms with Gasteiger partial charge in [0.25, 0.3) is 0 Å². The first-order valence-electron chi connectivity index (χ1n) is 6.29. The van der Waals surface area contributed by atoms with Gasteiger partial charge in [0.15, 0.2) is 0 Å². The molecule has 2 nitrogen and oxygen atoms in total. The smallest absolute Gasteiger partial charge is 0.0547 e. The fourth-order valence-electron chi connectivity index (χ4n) is 3.11. The van der Waals surface area contributed by atoms with Crippen LogP contribution in [-0.4, -0.2) is 20.8 Å². The van der Waals surface area contributed by atoms with E-state index in [2.05, 4.69) is 43.4 Å². The predicted molar refractivity (Wildman–Crippen MR) is 71.5 cm³/mol. The van der Waals surface area contributed by atoms with Crippen molar-refractivity contribution < 1.29 is 4.21 Å². The van der Waals surface area contributed by atoms with Gasteiger partial charge in [-0.1, -0.05) is 24.3 Å². The Morgan fingerprint density at radius 3 is 2.94 bits per heavy atom. The monoisotopic (exact) mass is 249 g/mol. The molecule has 1 aliphatic carbocycles. The molecule has 3 unspecified atom stereocenters. The van der Waals surface area contributed by atoms with E-state index in [9.17, 15) is 4.21 Å². The van der Waals surface area contributed by atoms with Gasteiger partial charge in [0.05, 0.1) is 5.25 Å². The molecule has 1 saturated heterocycles. The molecular formula is C14H19NOS. The van der Waals surface area contributed by atoms with Crippen molar-refractivity contribution in [3.63, 3.8) is 0 Å². The third-order valence-corrected chi connectivity index (χ3v) is 6.04. The number of aryl methyl sites for hydroxylation is 1. The van der Waals surface area contributed by atoms with Gasteiger partial charge in [-0.05, 0) is 37.8 Å². The van der Waals surface area contributed by atoms with E-state index in [1.165, 1.54) is 11.1 Å². The second kappa shape index (κ2) is 3.92. The van der Waals surface area contributed by atoms with Gasteiger partial charge in [-0.3, -0.25) is 4.21 Å². The summed E-state index contributed by atoms with van der Waals surface area (Å²) >= 11 is 0. The van der Waals surface area contributed by atoms with Crippen molar-refractivity contribution in [1.29, 1.82) is 0 Å². The third kappa shape index (κ3) is 1.95. The normalized spacial score (nSPS) is 34.8. The lowest BCUT2D eigenvalue weighted by atomic mass is 9.85. The molecule has 1 aromatic rings. The van der Waals surface area contributed by atoms with Crippen LogP contribution in [0, 0.1) is 0 Å². The second-order valence-electron chi connectivity index (χ2n) is 5.81. The van der Waals surface area contributed by atoms with Crippen molar-refractivity contribution in [2.24, 2.45) is 0 Å². The van der Waals surface area contributed by atoms with Crippen LogP contribution in [0.2, 0.25) is 0 Å². The minimum absolute atomic E-state index is 0.0174. The molecule has 0 aromatic heterocycles. The van der Waals surface area contributed by atoms with E-state index < -0.39 is 10.8 Å². The Bertz CT molecular complexity index is 469. The number of fused-ring (bicyclic) bond motifs is 3. The van der Waals surface area contributed by atoms with Crippen molar-refractivity contribution >= 4 is 10.8 Å². The lowest BCUT2D eigenvalue weighted by Crippen LogP contribution is -2.57. The Kier molecular flexibility index (Phi) is 2.64. The largest absolute Gasteiger partial charge is 0.303 e. The van der Waals surface area contributed by atoms with Gasteiger partial charge in [0.2, 0.25) is 0 Å². The maximum atomic E-state index is 12.3. The number of hydrogen-bond acceptors (Lipinski definition) is 2. The average Bonchev–Trinajstić information content (AvgIpc) is 2.27. The highest BCUT2D eigenvalue weighted by Gasteiger charge is 2.42. The third-order valence-electron chi connectivity index (χ3n) is 3.85. The van der Waals surface area contributed by atoms with E-state index in [-0.39, 0.29) is 11.6 Å². The number of hydrogen-bond donors (Lipinski definition) is 1. The van der Waals surface area contributed by atoms with Gasteiger partial charge in [-0.2, -0.15) is 0 Å². The van der Waals surface area contributed by atoms with Crippen molar-refractivity contribution in [2.75, 3.05) is 5.75 Å². The van der Waals surface area contributed by atoms with E-state index >= 15 is 0 Å². The summed E-state index contributed by atoms with van der Waals surface area (Å²) in [7, 11) is -0.696. The Morgan fingerprint density at radius 2 is 2.12 bits per heavy atom. The summed E-state index contributed by atoms with van der Waals surface area (Å²) in [6.07, 6.45) is 2.13. The Labute approximate surface area is 105 Å². The van der Waals surface area contributed by atoms with Crippen LogP contribution in [0.4, 0.5) is 0 Å². The molecule has 0 amide bonds. The van der Waals surface area contributed by atoms with Crippen molar-refractivity contribution in [3.8, 4) is 0 Å². The SMILES string of the molecule is CC1(C)CS(=O)C2CCc3ccccc3C2N1. The minimum atomic E-state index is -0.696. The van der Waals surface area contributed by atoms with Crippen molar-refractivity contribution in [2.45, 2.75) is 43.5 Å². The van der Waals surface area contributed by atoms with E-state index in [4.69, 9.17) is 0 Å². The fourth-order valence-corrected chi connectivity index (χ4v) is 5.02. The zero-order valence-electron chi connectivity index (χ0n) is 10.4. The molecule has 2 aliphatic rings. The fraction of sp³-hybridized carbons (Fsp3) is 0.571. The summed E-state index contributed by atoms with van der Waals surface area (Å²) in [5, 5.41) is 3.99. The molecular weight excluding hydrogens is 230 g/mol. The topological polar surface area (TPSA) is 29.1 Å². The molecule has 0 spiro atoms. The van der Waals surface area contributed by atoms with E-state index in [1.807, 2.05) is 0 Å². The highest BCUT2D eigenvalue weighted by Crippen LogP contribution is 2.37. The first-order valence-corrected chi connectivity index (χ1v) is 7.68. The van der Waals surface area contributed by atoms with Crippen molar-refractivity contribution in [1.82, 2.24) is 5.32 Å². The van der Waals surface area contributed by atoms with Gasteiger partial charge in [0.1, 0.15) is 0 Å². The Morgan fingerprint density at radius 1 is 1.35 bits per heavy atom. The quantitative estimate of drug-likeness (QED) is 0.763. The second-order valence-corrected chi connectivity index (χ2v) is 7.46. The summed E-state index contributed by atoms with van der Waals surface area (Å²) in [6, 6.07) is 8.87. The Hall–Kier alpha value is -0.670. The molecule has 0 saturated carbocycles. The highest BCUT2D eigenvalue weighted by atomic mass is 32.2. The summed E-state index contributed by atoms with van der Waals surface area (Å²) in [6.45, 7) is 4.30. The zero-order valence-corrected chi connectivity index (χ0v) is 11.2. The minimum Gasteiger partial charge on any atom is -0.303 e. The van der Waals surface area contributed by atoms with Crippen molar-refractivity contribution in [3.05, 3.63) is 35.4 Å². The molecule has 0 radical (unpaired) electrons. The first kappa shape index (κ1) is 11.4. The number of benzene rings is 1. The standard InChI is InChI=1S/C14H19NOS/c1-14(2)9-17(16)12-8-7-10-5-3-4-6-11(10)13(12)15-14/h3-6,12-13,15H,7-9H2,1-2H3. The van der Waals surface area contributed by atoms with Gasteiger partial charge in [-0.25, -0.2) is 0 Å². The van der Waals surface area contributed by atoms with Gasteiger partial charge >= 0.3 is 0 Å². The van der Waals surface area contributed by atoms with Crippen LogP contribution in [0.5, 0.6) is 0 Å². The van der Waals surface area contributed by atoms with Crippen LogP contribution >= 0.6 is 0 Å². The van der Waals surface area contributed by atoms with Gasteiger partial charge in [0, 0.05) is 28.1 Å². The summed E-state index contributed by atoms with van der Waals surface area (Å²) in [5.74, 6) is 0.774. The maximum absolute atomic E-state index is 12.3. The highest BCUT2D eigenvalue weighted by molar-refractivity contribution is 7.85. The molecule has 1 fully saturated rings. The molecule has 0 bridgehead atoms. The van der Waals surface area contributed by atoms with Crippen LogP contribution in [0.15, 0.2) is 24.3 Å². The van der Waals surface area contributed by atoms with Crippen LogP contribution in [0.25, 0.3) is 0 Å². The molecule has 92 valence electrons. The summed E-state index contributed by atoms with van der Waals surface area (Å²) in [4.78, 5) is 0. The molecule has 3 atom stereocenters. The molecule has 1 heterocycles. The molecule has 1 N–H and O–H groups in total. The molecule has 1 aliphatic heterocycles. The lowest BCUT2D eigenvalue weighted by molar-refractivity contribution is 0.323. The molecule has 1 aromatic carbocycles. The molecule has 17 heavy (non-hydrogen) atoms. The van der Waals surface area contributed by atoms with Crippen LogP contribution < -0.4 is 5.32 Å². The number of rotatable bonds is 0. The van der Waals surface area contributed by atoms with E-state index in [0.29, 0.717) is 5.25 Å². The van der Waals surface area contributed by atoms with Crippen LogP contribution in [0.3, 0.4) is 0 Å². The van der Waals surface area contributed by atoms with Gasteiger partial charge in [-0.15, -0.1) is 0 Å². The number of nitrogens with one attached hydrogen (secondary N) is 1. The predicted octanol–water partition coefficient (Wildman–Crippen LogP) is 2.17. The van der Waals surface area contributed by atoms with Crippen LogP contribution in [0.1, 0.15) is 37.4 Å². The summed E-state index contributed by atoms with van der Waals surface area (Å²) in [5.41, 5.74) is 2.78. The zero-order chi connectivity index (χ0) is 12.0. The maximum Gasteiger partial charge on any atom is 0.0547 e. The van der Waals surface area contributed by atoms with Crippen LogP contribution in [-0.2, 0) is 17.2 Å². The lowest BCUT2D eigenvalue weighted by Gasteiger charge is -2.44. The molecule has 3 rings (SSSR count). The first-order chi connectivity index (χ1) is 8.07. The van der Waals surface area contributed by atoms with E-state index in [1.54, 1.807) is 0 Å². The average molecular weight is 249 g/mol. The Balaban J connectivity index is 2.03. The van der Waals surface area contributed by atoms with Gasteiger partial charge < -0.3 is 5.32 Å².